The fraction of sp³-hybridized carbons (Fsp3) is 0.875. The predicted molar refractivity (Wildman–Crippen MR) is 46.4 cm³/mol. The van der Waals surface area contributed by atoms with Crippen molar-refractivity contribution in [1.82, 2.24) is 10.2 Å². The van der Waals surface area contributed by atoms with Gasteiger partial charge in [-0.1, -0.05) is 6.92 Å². The van der Waals surface area contributed by atoms with Gasteiger partial charge in [-0.3, -0.25) is 4.79 Å². The second-order valence-corrected chi connectivity index (χ2v) is 2.75. The first-order valence-electron chi connectivity index (χ1n) is 4.01. The first kappa shape index (κ1) is 10.4. The molecule has 0 bridgehead atoms. The van der Waals surface area contributed by atoms with Crippen molar-refractivity contribution in [2.24, 2.45) is 0 Å². The van der Waals surface area contributed by atoms with E-state index in [9.17, 15) is 4.79 Å². The fourth-order valence-electron chi connectivity index (χ4n) is 1.05. The molecule has 0 aromatic heterocycles. The van der Waals surface area contributed by atoms with Crippen LogP contribution in [0.5, 0.6) is 0 Å². The molecule has 0 fully saturated rings. The van der Waals surface area contributed by atoms with E-state index in [4.69, 9.17) is 0 Å². The fourth-order valence-corrected chi connectivity index (χ4v) is 1.05. The number of likely N-dealkylation sites (N-methyl/N-ethyl adjacent to an activating group) is 2. The van der Waals surface area contributed by atoms with Gasteiger partial charge in [0, 0.05) is 26.6 Å². The summed E-state index contributed by atoms with van der Waals surface area (Å²) in [6.45, 7) is 4.55. The van der Waals surface area contributed by atoms with Crippen LogP contribution in [-0.4, -0.2) is 37.5 Å². The van der Waals surface area contributed by atoms with Crippen LogP contribution in [0, 0.1) is 0 Å². The van der Waals surface area contributed by atoms with Crippen LogP contribution in [0.15, 0.2) is 0 Å². The molecular weight excluding hydrogens is 140 g/mol. The van der Waals surface area contributed by atoms with Gasteiger partial charge >= 0.3 is 0 Å². The van der Waals surface area contributed by atoms with Crippen molar-refractivity contribution in [3.8, 4) is 0 Å². The zero-order valence-corrected chi connectivity index (χ0v) is 7.85. The number of carbonyl (C=O) groups excluding carboxylic acids is 1. The maximum atomic E-state index is 10.9. The molecule has 0 saturated carbocycles. The second kappa shape index (κ2) is 5.13. The Morgan fingerprint density at radius 3 is 2.45 bits per heavy atom. The molecular formula is C8H18N2O. The van der Waals surface area contributed by atoms with Gasteiger partial charge in [-0.15, -0.1) is 0 Å². The molecule has 0 heterocycles. The summed E-state index contributed by atoms with van der Waals surface area (Å²) >= 11 is 0. The lowest BCUT2D eigenvalue weighted by Gasteiger charge is -2.25. The van der Waals surface area contributed by atoms with E-state index >= 15 is 0 Å². The Hall–Kier alpha value is -0.570. The average Bonchev–Trinajstić information content (AvgIpc) is 1.98. The molecule has 0 aromatic carbocycles. The Morgan fingerprint density at radius 1 is 1.64 bits per heavy atom. The Balaban J connectivity index is 3.91. The molecule has 0 rings (SSSR count). The summed E-state index contributed by atoms with van der Waals surface area (Å²) in [6.07, 6.45) is 0.997. The zero-order valence-electron chi connectivity index (χ0n) is 7.85. The van der Waals surface area contributed by atoms with E-state index in [2.05, 4.69) is 12.2 Å². The summed E-state index contributed by atoms with van der Waals surface area (Å²) < 4.78 is 0. The Morgan fingerprint density at radius 2 is 2.18 bits per heavy atom. The van der Waals surface area contributed by atoms with E-state index in [0.29, 0.717) is 6.04 Å². The molecule has 0 aliphatic carbocycles. The van der Waals surface area contributed by atoms with Crippen molar-refractivity contribution in [2.75, 3.05) is 20.6 Å². The van der Waals surface area contributed by atoms with Crippen LogP contribution >= 0.6 is 0 Å². The smallest absolute Gasteiger partial charge is 0.219 e. The lowest BCUT2D eigenvalue weighted by molar-refractivity contribution is -0.129. The van der Waals surface area contributed by atoms with Gasteiger partial charge in [-0.25, -0.2) is 0 Å². The number of nitrogens with zero attached hydrogens (tertiary/aromatic N) is 1. The van der Waals surface area contributed by atoms with Gasteiger partial charge in [0.2, 0.25) is 5.91 Å². The third kappa shape index (κ3) is 3.37. The van der Waals surface area contributed by atoms with Crippen molar-refractivity contribution in [2.45, 2.75) is 26.3 Å². The highest BCUT2D eigenvalue weighted by Crippen LogP contribution is 1.99. The van der Waals surface area contributed by atoms with Crippen LogP contribution in [0.25, 0.3) is 0 Å². The molecule has 0 saturated heterocycles. The number of carbonyl (C=O) groups is 1. The van der Waals surface area contributed by atoms with Crippen molar-refractivity contribution < 1.29 is 4.79 Å². The maximum absolute atomic E-state index is 10.9. The zero-order chi connectivity index (χ0) is 8.85. The predicted octanol–water partition coefficient (Wildman–Crippen LogP) is 0.463. The van der Waals surface area contributed by atoms with Crippen LogP contribution in [0.1, 0.15) is 20.3 Å². The first-order chi connectivity index (χ1) is 5.13. The molecule has 0 aromatic rings. The molecule has 3 nitrogen and oxygen atoms in total. The summed E-state index contributed by atoms with van der Waals surface area (Å²) in [5.41, 5.74) is 0. The van der Waals surface area contributed by atoms with E-state index in [-0.39, 0.29) is 5.91 Å². The van der Waals surface area contributed by atoms with Gasteiger partial charge in [0.05, 0.1) is 0 Å². The van der Waals surface area contributed by atoms with Crippen LogP contribution in [0.2, 0.25) is 0 Å². The number of hydrogen-bond donors (Lipinski definition) is 1. The third-order valence-electron chi connectivity index (χ3n) is 1.96. The van der Waals surface area contributed by atoms with E-state index in [1.165, 1.54) is 0 Å². The maximum Gasteiger partial charge on any atom is 0.219 e. The van der Waals surface area contributed by atoms with Crippen LogP contribution in [0.3, 0.4) is 0 Å². The summed E-state index contributed by atoms with van der Waals surface area (Å²) in [6, 6.07) is 0.331. The van der Waals surface area contributed by atoms with Crippen LogP contribution in [0.4, 0.5) is 0 Å². The number of nitrogens with one attached hydrogen (secondary N) is 1. The molecule has 0 spiro atoms. The summed E-state index contributed by atoms with van der Waals surface area (Å²) in [5, 5.41) is 3.06. The van der Waals surface area contributed by atoms with Gasteiger partial charge < -0.3 is 10.2 Å². The lowest BCUT2D eigenvalue weighted by Crippen LogP contribution is -2.41. The third-order valence-corrected chi connectivity index (χ3v) is 1.96. The van der Waals surface area contributed by atoms with Gasteiger partial charge in [0.15, 0.2) is 0 Å². The molecule has 1 atom stereocenters. The van der Waals surface area contributed by atoms with E-state index < -0.39 is 0 Å². The summed E-state index contributed by atoms with van der Waals surface area (Å²) in [7, 11) is 3.74. The van der Waals surface area contributed by atoms with Crippen molar-refractivity contribution in [3.05, 3.63) is 0 Å². The average molecular weight is 158 g/mol. The molecule has 0 unspecified atom stereocenters. The number of rotatable bonds is 4. The monoisotopic (exact) mass is 158 g/mol. The van der Waals surface area contributed by atoms with E-state index in [0.717, 1.165) is 13.0 Å². The Labute approximate surface area is 68.8 Å². The number of hydrogen-bond acceptors (Lipinski definition) is 2. The van der Waals surface area contributed by atoms with Gasteiger partial charge in [-0.05, 0) is 13.5 Å². The van der Waals surface area contributed by atoms with Crippen molar-refractivity contribution in [3.63, 3.8) is 0 Å². The second-order valence-electron chi connectivity index (χ2n) is 2.75. The molecule has 11 heavy (non-hydrogen) atoms. The summed E-state index contributed by atoms with van der Waals surface area (Å²) in [5.74, 6) is 0.132. The SMILES string of the molecule is CC[C@H](CNC)N(C)C(C)=O. The van der Waals surface area contributed by atoms with Crippen LogP contribution in [-0.2, 0) is 4.79 Å². The summed E-state index contributed by atoms with van der Waals surface area (Å²) in [4.78, 5) is 12.7. The minimum absolute atomic E-state index is 0.132. The highest BCUT2D eigenvalue weighted by molar-refractivity contribution is 5.73. The Bertz CT molecular complexity index is 125. The highest BCUT2D eigenvalue weighted by Gasteiger charge is 2.12. The highest BCUT2D eigenvalue weighted by atomic mass is 16.2. The van der Waals surface area contributed by atoms with Gasteiger partial charge in [0.25, 0.3) is 0 Å². The van der Waals surface area contributed by atoms with Gasteiger partial charge in [-0.2, -0.15) is 0 Å². The van der Waals surface area contributed by atoms with E-state index in [1.807, 2.05) is 14.1 Å². The normalized spacial score (nSPS) is 12.7. The molecule has 1 amide bonds. The minimum Gasteiger partial charge on any atom is -0.342 e. The minimum atomic E-state index is 0.132. The molecule has 0 radical (unpaired) electrons. The lowest BCUT2D eigenvalue weighted by atomic mass is 10.2. The quantitative estimate of drug-likeness (QED) is 0.644. The van der Waals surface area contributed by atoms with Gasteiger partial charge in [0.1, 0.15) is 0 Å². The standard InChI is InChI=1S/C8H18N2O/c1-5-8(6-9-3)10(4)7(2)11/h8-9H,5-6H2,1-4H3/t8-/m1/s1. The first-order valence-corrected chi connectivity index (χ1v) is 4.01. The van der Waals surface area contributed by atoms with Crippen LogP contribution < -0.4 is 5.32 Å². The molecule has 3 heteroatoms. The molecule has 0 aliphatic rings. The van der Waals surface area contributed by atoms with Crippen molar-refractivity contribution in [1.29, 1.82) is 0 Å². The molecule has 0 aliphatic heterocycles. The van der Waals surface area contributed by atoms with E-state index in [1.54, 1.807) is 11.8 Å². The molecule has 1 N–H and O–H groups in total. The topological polar surface area (TPSA) is 32.3 Å². The van der Waals surface area contributed by atoms with Crippen molar-refractivity contribution >= 4 is 5.91 Å². The molecule has 66 valence electrons. The Kier molecular flexibility index (Phi) is 4.86. The largest absolute Gasteiger partial charge is 0.342 e. The number of amides is 1.